The number of hydrogen-bond acceptors (Lipinski definition) is 3. The van der Waals surface area contributed by atoms with E-state index in [9.17, 15) is 9.18 Å². The highest BCUT2D eigenvalue weighted by molar-refractivity contribution is 6.01. The topological polar surface area (TPSA) is 59.8 Å². The van der Waals surface area contributed by atoms with Crippen LogP contribution in [0.3, 0.4) is 0 Å². The molecule has 0 fully saturated rings. The number of amides is 1. The van der Waals surface area contributed by atoms with E-state index in [2.05, 4.69) is 15.4 Å². The molecule has 0 aliphatic heterocycles. The van der Waals surface area contributed by atoms with Gasteiger partial charge < -0.3 is 5.32 Å². The van der Waals surface area contributed by atoms with Crippen LogP contribution in [0.5, 0.6) is 0 Å². The Morgan fingerprint density at radius 2 is 1.62 bits per heavy atom. The van der Waals surface area contributed by atoms with Gasteiger partial charge in [-0.15, -0.1) is 5.10 Å². The van der Waals surface area contributed by atoms with Gasteiger partial charge in [-0.05, 0) is 73.5 Å². The summed E-state index contributed by atoms with van der Waals surface area (Å²) in [6.45, 7) is 3.93. The van der Waals surface area contributed by atoms with Gasteiger partial charge in [-0.2, -0.15) is 0 Å². The van der Waals surface area contributed by atoms with E-state index in [1.165, 1.54) is 12.1 Å². The molecule has 144 valence electrons. The largest absolute Gasteiger partial charge is 0.319 e. The smallest absolute Gasteiger partial charge is 0.295 e. The molecule has 4 rings (SSSR count). The number of carbonyl (C=O) groups is 1. The van der Waals surface area contributed by atoms with Crippen molar-refractivity contribution in [2.24, 2.45) is 0 Å². The second kappa shape index (κ2) is 7.67. The summed E-state index contributed by atoms with van der Waals surface area (Å²) in [7, 11) is 0. The summed E-state index contributed by atoms with van der Waals surface area (Å²) in [4.78, 5) is 17.2. The van der Waals surface area contributed by atoms with Crippen molar-refractivity contribution in [3.63, 3.8) is 0 Å². The lowest BCUT2D eigenvalue weighted by Gasteiger charge is -2.06. The van der Waals surface area contributed by atoms with Crippen LogP contribution in [-0.2, 0) is 0 Å². The van der Waals surface area contributed by atoms with E-state index in [1.807, 2.05) is 62.4 Å². The monoisotopic (exact) mass is 386 g/mol. The predicted molar refractivity (Wildman–Crippen MR) is 111 cm³/mol. The summed E-state index contributed by atoms with van der Waals surface area (Å²) in [5, 5.41) is 7.26. The van der Waals surface area contributed by atoms with Crippen LogP contribution in [0.4, 0.5) is 10.1 Å². The van der Waals surface area contributed by atoms with Gasteiger partial charge in [-0.1, -0.05) is 24.3 Å². The number of aromatic nitrogens is 3. The molecular weight excluding hydrogens is 367 g/mol. The molecule has 0 aliphatic rings. The van der Waals surface area contributed by atoms with Gasteiger partial charge in [0, 0.05) is 11.3 Å². The molecule has 29 heavy (non-hydrogen) atoms. The Hall–Kier alpha value is -3.80. The SMILES string of the molecule is Cc1cccc(NC(=O)c2nc(-c3ccc(F)cc3)n(-c3cccc(C)c3)n2)c1. The molecule has 5 nitrogen and oxygen atoms in total. The van der Waals surface area contributed by atoms with Crippen LogP contribution in [0.15, 0.2) is 72.8 Å². The van der Waals surface area contributed by atoms with Gasteiger partial charge in [0.15, 0.2) is 5.82 Å². The van der Waals surface area contributed by atoms with Crippen molar-refractivity contribution in [1.82, 2.24) is 14.8 Å². The lowest BCUT2D eigenvalue weighted by Crippen LogP contribution is -2.14. The molecule has 0 atom stereocenters. The van der Waals surface area contributed by atoms with E-state index in [0.29, 0.717) is 17.1 Å². The number of nitrogens with zero attached hydrogens (tertiary/aromatic N) is 3. The number of halogens is 1. The van der Waals surface area contributed by atoms with Crippen molar-refractivity contribution in [1.29, 1.82) is 0 Å². The fraction of sp³-hybridized carbons (Fsp3) is 0.0870. The predicted octanol–water partition coefficient (Wildman–Crippen LogP) is 4.94. The van der Waals surface area contributed by atoms with E-state index in [1.54, 1.807) is 16.8 Å². The van der Waals surface area contributed by atoms with Crippen molar-refractivity contribution in [3.8, 4) is 17.1 Å². The Kier molecular flexibility index (Phi) is 4.91. The van der Waals surface area contributed by atoms with E-state index in [-0.39, 0.29) is 11.6 Å². The molecule has 0 radical (unpaired) electrons. The fourth-order valence-electron chi connectivity index (χ4n) is 3.04. The zero-order chi connectivity index (χ0) is 20.4. The molecule has 0 saturated heterocycles. The van der Waals surface area contributed by atoms with Gasteiger partial charge in [-0.25, -0.2) is 14.1 Å². The minimum Gasteiger partial charge on any atom is -0.319 e. The Labute approximate surface area is 167 Å². The van der Waals surface area contributed by atoms with Crippen LogP contribution in [0.25, 0.3) is 17.1 Å². The van der Waals surface area contributed by atoms with Crippen molar-refractivity contribution >= 4 is 11.6 Å². The molecule has 6 heteroatoms. The van der Waals surface area contributed by atoms with E-state index in [0.717, 1.165) is 16.8 Å². The van der Waals surface area contributed by atoms with E-state index in [4.69, 9.17) is 0 Å². The molecule has 1 heterocycles. The van der Waals surface area contributed by atoms with Gasteiger partial charge in [0.25, 0.3) is 5.91 Å². The molecule has 4 aromatic rings. The maximum Gasteiger partial charge on any atom is 0.295 e. The highest BCUT2D eigenvalue weighted by Crippen LogP contribution is 2.23. The summed E-state index contributed by atoms with van der Waals surface area (Å²) in [5.74, 6) is -0.254. The summed E-state index contributed by atoms with van der Waals surface area (Å²) in [6.07, 6.45) is 0. The van der Waals surface area contributed by atoms with Crippen LogP contribution in [-0.4, -0.2) is 20.7 Å². The molecule has 1 amide bonds. The summed E-state index contributed by atoms with van der Waals surface area (Å²) >= 11 is 0. The first-order chi connectivity index (χ1) is 14.0. The van der Waals surface area contributed by atoms with Crippen LogP contribution in [0, 0.1) is 19.7 Å². The van der Waals surface area contributed by atoms with Crippen molar-refractivity contribution < 1.29 is 9.18 Å². The van der Waals surface area contributed by atoms with Crippen LogP contribution in [0.1, 0.15) is 21.7 Å². The fourth-order valence-corrected chi connectivity index (χ4v) is 3.04. The second-order valence-corrected chi connectivity index (χ2v) is 6.84. The number of anilines is 1. The zero-order valence-electron chi connectivity index (χ0n) is 16.1. The summed E-state index contributed by atoms with van der Waals surface area (Å²) in [5.41, 5.74) is 4.19. The van der Waals surface area contributed by atoms with Crippen molar-refractivity contribution in [2.75, 3.05) is 5.32 Å². The molecule has 1 aromatic heterocycles. The van der Waals surface area contributed by atoms with Gasteiger partial charge in [0.2, 0.25) is 5.82 Å². The number of rotatable bonds is 4. The molecular formula is C23H19FN4O. The maximum atomic E-state index is 13.4. The zero-order valence-corrected chi connectivity index (χ0v) is 16.1. The molecule has 3 aromatic carbocycles. The Balaban J connectivity index is 1.76. The van der Waals surface area contributed by atoms with Crippen LogP contribution in [0.2, 0.25) is 0 Å². The highest BCUT2D eigenvalue weighted by atomic mass is 19.1. The average Bonchev–Trinajstić information content (AvgIpc) is 3.14. The minimum atomic E-state index is -0.412. The number of hydrogen-bond donors (Lipinski definition) is 1. The molecule has 1 N–H and O–H groups in total. The number of nitrogens with one attached hydrogen (secondary N) is 1. The average molecular weight is 386 g/mol. The third-order valence-electron chi connectivity index (χ3n) is 4.43. The minimum absolute atomic E-state index is 0.0346. The molecule has 0 aliphatic carbocycles. The molecule has 0 unspecified atom stereocenters. The van der Waals surface area contributed by atoms with Gasteiger partial charge in [0.05, 0.1) is 5.69 Å². The van der Waals surface area contributed by atoms with Gasteiger partial charge in [0.1, 0.15) is 5.82 Å². The number of aryl methyl sites for hydroxylation is 2. The lowest BCUT2D eigenvalue weighted by atomic mass is 10.2. The first-order valence-corrected chi connectivity index (χ1v) is 9.18. The highest BCUT2D eigenvalue weighted by Gasteiger charge is 2.19. The number of carbonyl (C=O) groups excluding carboxylic acids is 1. The first kappa shape index (κ1) is 18.6. The van der Waals surface area contributed by atoms with E-state index < -0.39 is 5.91 Å². The van der Waals surface area contributed by atoms with Crippen LogP contribution >= 0.6 is 0 Å². The first-order valence-electron chi connectivity index (χ1n) is 9.18. The Morgan fingerprint density at radius 1 is 0.931 bits per heavy atom. The third kappa shape index (κ3) is 4.06. The van der Waals surface area contributed by atoms with Crippen molar-refractivity contribution in [3.05, 3.63) is 95.6 Å². The van der Waals surface area contributed by atoms with Crippen LogP contribution < -0.4 is 5.32 Å². The standard InChI is InChI=1S/C23H19FN4O/c1-15-5-3-7-19(13-15)25-23(29)21-26-22(17-9-11-18(24)12-10-17)28(27-21)20-8-4-6-16(2)14-20/h3-14H,1-2H3,(H,25,29). The molecule has 0 bridgehead atoms. The molecule has 0 saturated carbocycles. The Morgan fingerprint density at radius 3 is 2.31 bits per heavy atom. The van der Waals surface area contributed by atoms with Crippen molar-refractivity contribution in [2.45, 2.75) is 13.8 Å². The maximum absolute atomic E-state index is 13.4. The third-order valence-corrected chi connectivity index (χ3v) is 4.43. The quantitative estimate of drug-likeness (QED) is 0.540. The van der Waals surface area contributed by atoms with E-state index >= 15 is 0 Å². The Bertz CT molecular complexity index is 1180. The second-order valence-electron chi connectivity index (χ2n) is 6.84. The summed E-state index contributed by atoms with van der Waals surface area (Å²) in [6, 6.07) is 21.2. The molecule has 0 spiro atoms. The number of benzene rings is 3. The normalized spacial score (nSPS) is 10.7. The van der Waals surface area contributed by atoms with Gasteiger partial charge in [-0.3, -0.25) is 4.79 Å². The van der Waals surface area contributed by atoms with Gasteiger partial charge >= 0.3 is 0 Å². The summed E-state index contributed by atoms with van der Waals surface area (Å²) < 4.78 is 15.0. The lowest BCUT2D eigenvalue weighted by molar-refractivity contribution is 0.101.